The van der Waals surface area contributed by atoms with Crippen molar-refractivity contribution < 1.29 is 8.42 Å². The second kappa shape index (κ2) is 5.34. The van der Waals surface area contributed by atoms with Crippen LogP contribution in [0.25, 0.3) is 0 Å². The summed E-state index contributed by atoms with van der Waals surface area (Å²) >= 11 is 3.18. The van der Waals surface area contributed by atoms with Gasteiger partial charge in [0.2, 0.25) is 10.0 Å². The van der Waals surface area contributed by atoms with Crippen LogP contribution in [0.15, 0.2) is 27.6 Å². The van der Waals surface area contributed by atoms with Crippen molar-refractivity contribution in [2.24, 2.45) is 0 Å². The van der Waals surface area contributed by atoms with Crippen molar-refractivity contribution in [2.75, 3.05) is 12.3 Å². The van der Waals surface area contributed by atoms with Crippen LogP contribution in [-0.4, -0.2) is 15.0 Å². The van der Waals surface area contributed by atoms with Crippen molar-refractivity contribution in [1.82, 2.24) is 4.72 Å². The highest BCUT2D eigenvalue weighted by atomic mass is 79.9. The van der Waals surface area contributed by atoms with Gasteiger partial charge in [-0.1, -0.05) is 5.92 Å². The zero-order valence-electron chi connectivity index (χ0n) is 8.62. The average molecular weight is 303 g/mol. The van der Waals surface area contributed by atoms with Crippen molar-refractivity contribution >= 4 is 31.6 Å². The molecule has 0 fully saturated rings. The van der Waals surface area contributed by atoms with E-state index in [4.69, 9.17) is 5.73 Å². The molecule has 4 nitrogen and oxygen atoms in total. The minimum atomic E-state index is -3.51. The molecule has 3 N–H and O–H groups in total. The van der Waals surface area contributed by atoms with Crippen LogP contribution in [0.1, 0.15) is 6.92 Å². The highest BCUT2D eigenvalue weighted by molar-refractivity contribution is 9.10. The Balaban J connectivity index is 2.97. The summed E-state index contributed by atoms with van der Waals surface area (Å²) < 4.78 is 26.4. The van der Waals surface area contributed by atoms with Gasteiger partial charge in [-0.2, -0.15) is 4.72 Å². The lowest BCUT2D eigenvalue weighted by Gasteiger charge is -2.05. The van der Waals surface area contributed by atoms with Gasteiger partial charge in [-0.05, 0) is 41.1 Å². The number of hydrogen-bond donors (Lipinski definition) is 2. The van der Waals surface area contributed by atoms with E-state index in [1.165, 1.54) is 18.2 Å². The first-order chi connectivity index (χ1) is 7.47. The second-order valence-electron chi connectivity index (χ2n) is 2.93. The smallest absolute Gasteiger partial charge is 0.241 e. The molecule has 0 spiro atoms. The first kappa shape index (κ1) is 13.0. The molecular weight excluding hydrogens is 292 g/mol. The molecule has 0 radical (unpaired) electrons. The van der Waals surface area contributed by atoms with E-state index in [9.17, 15) is 8.42 Å². The molecule has 86 valence electrons. The third-order valence-corrected chi connectivity index (χ3v) is 3.90. The standard InChI is InChI=1S/C10H11BrN2O2S/c1-2-3-6-13-16(14,15)8-4-5-10(12)9(11)7-8/h4-5,7,13H,6,12H2,1H3. The average Bonchev–Trinajstić information content (AvgIpc) is 2.22. The maximum Gasteiger partial charge on any atom is 0.241 e. The van der Waals surface area contributed by atoms with E-state index < -0.39 is 10.0 Å². The fourth-order valence-electron chi connectivity index (χ4n) is 0.978. The summed E-state index contributed by atoms with van der Waals surface area (Å²) in [5.74, 6) is 5.23. The topological polar surface area (TPSA) is 72.2 Å². The van der Waals surface area contributed by atoms with Gasteiger partial charge >= 0.3 is 0 Å². The van der Waals surface area contributed by atoms with Gasteiger partial charge in [0, 0.05) is 10.2 Å². The number of benzene rings is 1. The molecule has 0 bridgehead atoms. The van der Waals surface area contributed by atoms with E-state index >= 15 is 0 Å². The maximum absolute atomic E-state index is 11.7. The van der Waals surface area contributed by atoms with E-state index in [0.29, 0.717) is 10.2 Å². The monoisotopic (exact) mass is 302 g/mol. The molecule has 0 aliphatic carbocycles. The van der Waals surface area contributed by atoms with Crippen molar-refractivity contribution in [3.05, 3.63) is 22.7 Å². The molecule has 0 atom stereocenters. The third kappa shape index (κ3) is 3.23. The van der Waals surface area contributed by atoms with Gasteiger partial charge in [0.15, 0.2) is 0 Å². The first-order valence-electron chi connectivity index (χ1n) is 4.41. The van der Waals surface area contributed by atoms with Gasteiger partial charge in [-0.3, -0.25) is 0 Å². The zero-order chi connectivity index (χ0) is 12.2. The Morgan fingerprint density at radius 3 is 2.75 bits per heavy atom. The summed E-state index contributed by atoms with van der Waals surface area (Å²) in [4.78, 5) is 0.159. The largest absolute Gasteiger partial charge is 0.398 e. The van der Waals surface area contributed by atoms with Crippen molar-refractivity contribution in [1.29, 1.82) is 0 Å². The van der Waals surface area contributed by atoms with Gasteiger partial charge < -0.3 is 5.73 Å². The van der Waals surface area contributed by atoms with Crippen LogP contribution in [0.3, 0.4) is 0 Å². The molecule has 0 aromatic heterocycles. The summed E-state index contributed by atoms with van der Waals surface area (Å²) in [7, 11) is -3.51. The molecule has 1 rings (SSSR count). The molecule has 1 aromatic carbocycles. The predicted octanol–water partition coefficient (Wildman–Crippen LogP) is 1.33. The second-order valence-corrected chi connectivity index (χ2v) is 5.56. The minimum absolute atomic E-state index is 0.0980. The molecule has 16 heavy (non-hydrogen) atoms. The molecule has 0 amide bonds. The summed E-state index contributed by atoms with van der Waals surface area (Å²) in [6.45, 7) is 1.74. The fourth-order valence-corrected chi connectivity index (χ4v) is 2.46. The highest BCUT2D eigenvalue weighted by Crippen LogP contribution is 2.22. The normalized spacial score (nSPS) is 10.6. The Morgan fingerprint density at radius 2 is 2.19 bits per heavy atom. The number of nitrogens with two attached hydrogens (primary N) is 1. The van der Waals surface area contributed by atoms with Crippen molar-refractivity contribution in [2.45, 2.75) is 11.8 Å². The minimum Gasteiger partial charge on any atom is -0.398 e. The predicted molar refractivity (Wildman–Crippen MR) is 67.2 cm³/mol. The summed E-state index contributed by atoms with van der Waals surface area (Å²) in [6.07, 6.45) is 0. The highest BCUT2D eigenvalue weighted by Gasteiger charge is 2.13. The van der Waals surface area contributed by atoms with Crippen LogP contribution in [0.5, 0.6) is 0 Å². The summed E-state index contributed by atoms with van der Waals surface area (Å²) in [6, 6.07) is 4.43. The van der Waals surface area contributed by atoms with Crippen molar-refractivity contribution in [3.8, 4) is 11.8 Å². The van der Waals surface area contributed by atoms with Crippen LogP contribution < -0.4 is 10.5 Å². The van der Waals surface area contributed by atoms with Crippen LogP contribution in [0.2, 0.25) is 0 Å². The Morgan fingerprint density at radius 1 is 1.50 bits per heavy atom. The molecule has 0 saturated heterocycles. The number of anilines is 1. The molecule has 0 aliphatic rings. The van der Waals surface area contributed by atoms with Crippen LogP contribution in [0.4, 0.5) is 5.69 Å². The number of sulfonamides is 1. The van der Waals surface area contributed by atoms with Gasteiger partial charge in [-0.25, -0.2) is 8.42 Å². The van der Waals surface area contributed by atoms with E-state index in [1.807, 2.05) is 0 Å². The summed E-state index contributed by atoms with van der Waals surface area (Å²) in [5.41, 5.74) is 6.06. The molecule has 1 aromatic rings. The Labute approximate surface area is 103 Å². The van der Waals surface area contributed by atoms with Crippen molar-refractivity contribution in [3.63, 3.8) is 0 Å². The Hall–Kier alpha value is -1.03. The quantitative estimate of drug-likeness (QED) is 0.653. The molecule has 0 saturated carbocycles. The lowest BCUT2D eigenvalue weighted by molar-refractivity contribution is 0.586. The van der Waals surface area contributed by atoms with Gasteiger partial charge in [-0.15, -0.1) is 5.92 Å². The lowest BCUT2D eigenvalue weighted by atomic mass is 10.3. The lowest BCUT2D eigenvalue weighted by Crippen LogP contribution is -2.24. The van der Waals surface area contributed by atoms with Crippen LogP contribution in [-0.2, 0) is 10.0 Å². The molecule has 0 aliphatic heterocycles. The van der Waals surface area contributed by atoms with Gasteiger partial charge in [0.1, 0.15) is 0 Å². The van der Waals surface area contributed by atoms with Crippen LogP contribution in [0, 0.1) is 11.8 Å². The van der Waals surface area contributed by atoms with E-state index in [-0.39, 0.29) is 11.4 Å². The Bertz CT molecular complexity index is 544. The molecular formula is C10H11BrN2O2S. The summed E-state index contributed by atoms with van der Waals surface area (Å²) in [5, 5.41) is 0. The number of nitrogen functional groups attached to an aromatic ring is 1. The maximum atomic E-state index is 11.7. The third-order valence-electron chi connectivity index (χ3n) is 1.81. The van der Waals surface area contributed by atoms with E-state index in [1.54, 1.807) is 6.92 Å². The molecule has 0 unspecified atom stereocenters. The number of halogens is 1. The van der Waals surface area contributed by atoms with Crippen LogP contribution >= 0.6 is 15.9 Å². The van der Waals surface area contributed by atoms with E-state index in [0.717, 1.165) is 0 Å². The molecule has 0 heterocycles. The number of rotatable bonds is 3. The first-order valence-corrected chi connectivity index (χ1v) is 6.69. The fraction of sp³-hybridized carbons (Fsp3) is 0.200. The molecule has 6 heteroatoms. The number of hydrogen-bond acceptors (Lipinski definition) is 3. The van der Waals surface area contributed by atoms with Gasteiger partial charge in [0.05, 0.1) is 11.4 Å². The van der Waals surface area contributed by atoms with Gasteiger partial charge in [0.25, 0.3) is 0 Å². The SMILES string of the molecule is CC#CCNS(=O)(=O)c1ccc(N)c(Br)c1. The number of nitrogens with one attached hydrogen (secondary N) is 1. The van der Waals surface area contributed by atoms with E-state index in [2.05, 4.69) is 32.5 Å². The zero-order valence-corrected chi connectivity index (χ0v) is 11.0. The Kier molecular flexibility index (Phi) is 4.35.